The quantitative estimate of drug-likeness (QED) is 0.609. The molecule has 0 saturated heterocycles. The van der Waals surface area contributed by atoms with Crippen LogP contribution in [0, 0.1) is 0 Å². The monoisotopic (exact) mass is 256 g/mol. The molecule has 0 rings (SSSR count). The first-order chi connectivity index (χ1) is 6.61. The van der Waals surface area contributed by atoms with Crippen molar-refractivity contribution in [1.29, 1.82) is 0 Å². The Balaban J connectivity index is 4.34. The normalized spacial score (nSPS) is 16.9. The van der Waals surface area contributed by atoms with Crippen molar-refractivity contribution >= 4 is 22.1 Å². The van der Waals surface area contributed by atoms with Crippen molar-refractivity contribution in [2.45, 2.75) is 26.8 Å². The summed E-state index contributed by atoms with van der Waals surface area (Å²) in [6.07, 6.45) is 9.41. The van der Waals surface area contributed by atoms with E-state index in [2.05, 4.69) is 20.9 Å². The Labute approximate surface area is 94.4 Å². The first kappa shape index (κ1) is 13.2. The Morgan fingerprint density at radius 3 is 2.57 bits per heavy atom. The lowest BCUT2D eigenvalue weighted by molar-refractivity contribution is 0.854. The van der Waals surface area contributed by atoms with Crippen LogP contribution in [0.4, 0.5) is 0 Å². The highest BCUT2D eigenvalue weighted by molar-refractivity contribution is 9.12. The summed E-state index contributed by atoms with van der Waals surface area (Å²) in [5, 5.41) is 0. The van der Waals surface area contributed by atoms with Gasteiger partial charge in [0, 0.05) is 16.4 Å². The summed E-state index contributed by atoms with van der Waals surface area (Å²) >= 11 is 3.34. The van der Waals surface area contributed by atoms with Gasteiger partial charge in [-0.3, -0.25) is 4.99 Å². The molecule has 0 aromatic rings. The number of allylic oxidation sites excluding steroid dienone is 5. The molecule has 78 valence electrons. The average molecular weight is 257 g/mol. The third kappa shape index (κ3) is 5.75. The Kier molecular flexibility index (Phi) is 7.11. The molecule has 0 spiro atoms. The van der Waals surface area contributed by atoms with Gasteiger partial charge in [0.05, 0.1) is 6.04 Å². The first-order valence-corrected chi connectivity index (χ1v) is 5.34. The fraction of sp³-hybridized carbons (Fsp3) is 0.364. The predicted molar refractivity (Wildman–Crippen MR) is 67.7 cm³/mol. The first-order valence-electron chi connectivity index (χ1n) is 4.55. The van der Waals surface area contributed by atoms with E-state index < -0.39 is 0 Å². The molecular formula is C11H17BrN2. The van der Waals surface area contributed by atoms with Gasteiger partial charge in [-0.05, 0) is 42.8 Å². The highest BCUT2D eigenvalue weighted by Gasteiger charge is 1.99. The van der Waals surface area contributed by atoms with Gasteiger partial charge in [0.1, 0.15) is 0 Å². The molecule has 0 aromatic heterocycles. The number of hydrogen-bond donors (Lipinski definition) is 1. The average Bonchev–Trinajstić information content (AvgIpc) is 2.21. The van der Waals surface area contributed by atoms with E-state index in [-0.39, 0.29) is 6.04 Å². The summed E-state index contributed by atoms with van der Waals surface area (Å²) in [5.74, 6) is 0. The van der Waals surface area contributed by atoms with Crippen LogP contribution in [0.2, 0.25) is 0 Å². The molecular weight excluding hydrogens is 240 g/mol. The zero-order valence-corrected chi connectivity index (χ0v) is 10.5. The van der Waals surface area contributed by atoms with Crippen LogP contribution in [-0.2, 0) is 0 Å². The van der Waals surface area contributed by atoms with Crippen molar-refractivity contribution in [1.82, 2.24) is 0 Å². The summed E-state index contributed by atoms with van der Waals surface area (Å²) < 4.78 is 0.961. The van der Waals surface area contributed by atoms with E-state index in [0.29, 0.717) is 0 Å². The number of nitrogens with zero attached hydrogens (tertiary/aromatic N) is 1. The molecule has 2 N–H and O–H groups in total. The summed E-state index contributed by atoms with van der Waals surface area (Å²) in [4.78, 5) is 4.28. The summed E-state index contributed by atoms with van der Waals surface area (Å²) in [6.45, 7) is 5.86. The lowest BCUT2D eigenvalue weighted by Crippen LogP contribution is -2.11. The second-order valence-electron chi connectivity index (χ2n) is 2.82. The van der Waals surface area contributed by atoms with Gasteiger partial charge in [0.2, 0.25) is 0 Å². The van der Waals surface area contributed by atoms with E-state index in [1.807, 2.05) is 45.1 Å². The maximum Gasteiger partial charge on any atom is 0.0864 e. The van der Waals surface area contributed by atoms with Crippen LogP contribution in [0.1, 0.15) is 20.8 Å². The lowest BCUT2D eigenvalue weighted by atomic mass is 10.2. The zero-order valence-electron chi connectivity index (χ0n) is 8.87. The van der Waals surface area contributed by atoms with E-state index >= 15 is 0 Å². The Morgan fingerprint density at radius 2 is 2.07 bits per heavy atom. The van der Waals surface area contributed by atoms with Crippen molar-refractivity contribution < 1.29 is 0 Å². The second-order valence-corrected chi connectivity index (χ2v) is 3.74. The van der Waals surface area contributed by atoms with E-state index in [1.54, 1.807) is 6.21 Å². The molecule has 0 aliphatic heterocycles. The minimum atomic E-state index is 0.0127. The summed E-state index contributed by atoms with van der Waals surface area (Å²) in [5.41, 5.74) is 6.55. The van der Waals surface area contributed by atoms with E-state index in [0.717, 1.165) is 10.2 Å². The molecule has 0 aliphatic carbocycles. The molecule has 0 radical (unpaired) electrons. The molecule has 0 aromatic carbocycles. The number of hydrogen-bond acceptors (Lipinski definition) is 2. The van der Waals surface area contributed by atoms with Crippen LogP contribution >= 0.6 is 15.9 Å². The van der Waals surface area contributed by atoms with Gasteiger partial charge in [-0.2, -0.15) is 0 Å². The van der Waals surface area contributed by atoms with E-state index in [9.17, 15) is 0 Å². The minimum absolute atomic E-state index is 0.0127. The highest BCUT2D eigenvalue weighted by Crippen LogP contribution is 2.04. The van der Waals surface area contributed by atoms with Gasteiger partial charge in [-0.25, -0.2) is 0 Å². The number of rotatable bonds is 4. The molecule has 2 nitrogen and oxygen atoms in total. The van der Waals surface area contributed by atoms with Crippen molar-refractivity contribution in [3.63, 3.8) is 0 Å². The van der Waals surface area contributed by atoms with Crippen molar-refractivity contribution in [3.8, 4) is 0 Å². The molecule has 0 amide bonds. The van der Waals surface area contributed by atoms with Crippen LogP contribution in [0.25, 0.3) is 0 Å². The van der Waals surface area contributed by atoms with Crippen LogP contribution in [0.15, 0.2) is 39.5 Å². The Bertz CT molecular complexity index is 275. The molecule has 3 heteroatoms. The number of halogens is 1. The molecule has 0 bridgehead atoms. The minimum Gasteiger partial charge on any atom is -0.400 e. The SMILES string of the molecule is C/C=C\C=C(\N)C(C)/N=C\C(Br)=C/C. The topological polar surface area (TPSA) is 38.4 Å². The summed E-state index contributed by atoms with van der Waals surface area (Å²) in [6, 6.07) is 0.0127. The van der Waals surface area contributed by atoms with E-state index in [1.165, 1.54) is 0 Å². The van der Waals surface area contributed by atoms with Gasteiger partial charge < -0.3 is 5.73 Å². The Hall–Kier alpha value is -0.830. The van der Waals surface area contributed by atoms with Crippen LogP contribution in [-0.4, -0.2) is 12.3 Å². The molecule has 0 saturated carbocycles. The van der Waals surface area contributed by atoms with Gasteiger partial charge in [0.15, 0.2) is 0 Å². The maximum atomic E-state index is 5.79. The second kappa shape index (κ2) is 7.56. The van der Waals surface area contributed by atoms with Crippen LogP contribution < -0.4 is 5.73 Å². The molecule has 1 atom stereocenters. The standard InChI is InChI=1S/C11H17BrN2/c1-4-6-7-11(13)9(3)14-8-10(12)5-2/h4-9H,13H2,1-3H3/b6-4-,10-5+,11-7+,14-8-. The lowest BCUT2D eigenvalue weighted by Gasteiger charge is -2.04. The Morgan fingerprint density at radius 1 is 1.43 bits per heavy atom. The third-order valence-electron chi connectivity index (χ3n) is 1.66. The molecule has 0 aliphatic rings. The molecule has 1 unspecified atom stereocenters. The van der Waals surface area contributed by atoms with Crippen molar-refractivity contribution in [2.24, 2.45) is 10.7 Å². The fourth-order valence-corrected chi connectivity index (χ4v) is 0.808. The molecule has 0 fully saturated rings. The van der Waals surface area contributed by atoms with Gasteiger partial charge in [0.25, 0.3) is 0 Å². The predicted octanol–water partition coefficient (Wildman–Crippen LogP) is 3.16. The van der Waals surface area contributed by atoms with Crippen LogP contribution in [0.3, 0.4) is 0 Å². The summed E-state index contributed by atoms with van der Waals surface area (Å²) in [7, 11) is 0. The number of aliphatic imine (C=N–C) groups is 1. The van der Waals surface area contributed by atoms with Gasteiger partial charge >= 0.3 is 0 Å². The fourth-order valence-electron chi connectivity index (χ4n) is 0.690. The van der Waals surface area contributed by atoms with Gasteiger partial charge in [-0.15, -0.1) is 0 Å². The van der Waals surface area contributed by atoms with Crippen LogP contribution in [0.5, 0.6) is 0 Å². The highest BCUT2D eigenvalue weighted by atomic mass is 79.9. The van der Waals surface area contributed by atoms with Crippen molar-refractivity contribution in [2.75, 3.05) is 0 Å². The maximum absolute atomic E-state index is 5.79. The van der Waals surface area contributed by atoms with Crippen molar-refractivity contribution in [3.05, 3.63) is 34.5 Å². The van der Waals surface area contributed by atoms with E-state index in [4.69, 9.17) is 5.73 Å². The third-order valence-corrected chi connectivity index (χ3v) is 2.32. The molecule has 0 heterocycles. The smallest absolute Gasteiger partial charge is 0.0864 e. The zero-order chi connectivity index (χ0) is 11.0. The molecule has 14 heavy (non-hydrogen) atoms. The largest absolute Gasteiger partial charge is 0.400 e. The number of nitrogens with two attached hydrogens (primary N) is 1. The van der Waals surface area contributed by atoms with Gasteiger partial charge in [-0.1, -0.05) is 18.2 Å².